The van der Waals surface area contributed by atoms with Gasteiger partial charge in [0, 0.05) is 19.7 Å². The minimum absolute atomic E-state index is 0.0693. The number of hydrogen-bond donors (Lipinski definition) is 1. The maximum atomic E-state index is 13.9. The van der Waals surface area contributed by atoms with Crippen LogP contribution in [0.5, 0.6) is 0 Å². The molecule has 0 saturated carbocycles. The molecule has 1 N–H and O–H groups in total. The fourth-order valence-corrected chi connectivity index (χ4v) is 2.45. The monoisotopic (exact) mass is 269 g/mol. The molecule has 0 radical (unpaired) electrons. The van der Waals surface area contributed by atoms with E-state index >= 15 is 0 Å². The van der Waals surface area contributed by atoms with Crippen LogP contribution in [-0.4, -0.2) is 35.6 Å². The normalized spacial score (nSPS) is 18.9. The van der Waals surface area contributed by atoms with Crippen LogP contribution in [0.2, 0.25) is 0 Å². The van der Waals surface area contributed by atoms with Gasteiger partial charge in [-0.1, -0.05) is 6.07 Å². The molecule has 0 aliphatic carbocycles. The van der Waals surface area contributed by atoms with Crippen molar-refractivity contribution in [1.29, 1.82) is 0 Å². The van der Waals surface area contributed by atoms with Gasteiger partial charge in [0.05, 0.1) is 0 Å². The molecule has 1 aliphatic rings. The number of rotatable bonds is 3. The number of aliphatic hydroxyl groups excluding tert-OH is 1. The van der Waals surface area contributed by atoms with Crippen LogP contribution in [0.4, 0.5) is 8.78 Å². The van der Waals surface area contributed by atoms with Crippen LogP contribution in [0.25, 0.3) is 0 Å². The van der Waals surface area contributed by atoms with Crippen LogP contribution < -0.4 is 0 Å². The van der Waals surface area contributed by atoms with Gasteiger partial charge in [0.15, 0.2) is 0 Å². The SMILES string of the molecule is Cc1ccc(F)c(C(=O)N2CCC(CCO)C2)c1F. The largest absolute Gasteiger partial charge is 0.396 e. The highest BCUT2D eigenvalue weighted by Gasteiger charge is 2.30. The molecule has 19 heavy (non-hydrogen) atoms. The average molecular weight is 269 g/mol. The van der Waals surface area contributed by atoms with E-state index in [9.17, 15) is 13.6 Å². The van der Waals surface area contributed by atoms with Crippen molar-refractivity contribution in [2.24, 2.45) is 5.92 Å². The summed E-state index contributed by atoms with van der Waals surface area (Å²) in [6.45, 7) is 2.51. The van der Waals surface area contributed by atoms with Crippen molar-refractivity contribution in [3.8, 4) is 0 Å². The van der Waals surface area contributed by atoms with Crippen molar-refractivity contribution in [1.82, 2.24) is 4.90 Å². The first-order valence-electron chi connectivity index (χ1n) is 6.39. The quantitative estimate of drug-likeness (QED) is 0.913. The Morgan fingerprint density at radius 3 is 2.89 bits per heavy atom. The van der Waals surface area contributed by atoms with Gasteiger partial charge < -0.3 is 10.0 Å². The minimum Gasteiger partial charge on any atom is -0.396 e. The van der Waals surface area contributed by atoms with E-state index < -0.39 is 23.1 Å². The third kappa shape index (κ3) is 2.76. The molecular formula is C14H17F2NO2. The Morgan fingerprint density at radius 1 is 1.47 bits per heavy atom. The number of benzene rings is 1. The second kappa shape index (κ2) is 5.65. The number of carbonyl (C=O) groups excluding carboxylic acids is 1. The van der Waals surface area contributed by atoms with Gasteiger partial charge >= 0.3 is 0 Å². The fourth-order valence-electron chi connectivity index (χ4n) is 2.45. The van der Waals surface area contributed by atoms with Gasteiger partial charge in [-0.3, -0.25) is 4.79 Å². The predicted octanol–water partition coefficient (Wildman–Crippen LogP) is 2.12. The maximum Gasteiger partial charge on any atom is 0.259 e. The molecule has 1 amide bonds. The third-order valence-corrected chi connectivity index (χ3v) is 3.61. The number of nitrogens with zero attached hydrogens (tertiary/aromatic N) is 1. The van der Waals surface area contributed by atoms with Gasteiger partial charge in [-0.15, -0.1) is 0 Å². The first kappa shape index (κ1) is 13.9. The van der Waals surface area contributed by atoms with Crippen molar-refractivity contribution in [3.63, 3.8) is 0 Å². The summed E-state index contributed by atoms with van der Waals surface area (Å²) in [6, 6.07) is 2.44. The molecule has 0 aromatic heterocycles. The smallest absolute Gasteiger partial charge is 0.259 e. The highest BCUT2D eigenvalue weighted by molar-refractivity contribution is 5.95. The zero-order valence-corrected chi connectivity index (χ0v) is 10.8. The summed E-state index contributed by atoms with van der Waals surface area (Å²) in [7, 11) is 0. The van der Waals surface area contributed by atoms with Crippen molar-refractivity contribution < 1.29 is 18.7 Å². The van der Waals surface area contributed by atoms with Gasteiger partial charge in [0.1, 0.15) is 17.2 Å². The van der Waals surface area contributed by atoms with Crippen LogP contribution in [0.3, 0.4) is 0 Å². The lowest BCUT2D eigenvalue weighted by Gasteiger charge is -2.17. The third-order valence-electron chi connectivity index (χ3n) is 3.61. The Hall–Kier alpha value is -1.49. The van der Waals surface area contributed by atoms with E-state index in [-0.39, 0.29) is 18.1 Å². The number of halogens is 2. The van der Waals surface area contributed by atoms with Crippen LogP contribution in [0.15, 0.2) is 12.1 Å². The molecule has 104 valence electrons. The first-order chi connectivity index (χ1) is 9.04. The van der Waals surface area contributed by atoms with Crippen LogP contribution in [0.1, 0.15) is 28.8 Å². The van der Waals surface area contributed by atoms with E-state index in [0.29, 0.717) is 19.5 Å². The second-order valence-corrected chi connectivity index (χ2v) is 4.97. The number of likely N-dealkylation sites (tertiary alicyclic amines) is 1. The van der Waals surface area contributed by atoms with Gasteiger partial charge in [0.25, 0.3) is 5.91 Å². The highest BCUT2D eigenvalue weighted by atomic mass is 19.1. The molecule has 0 spiro atoms. The lowest BCUT2D eigenvalue weighted by atomic mass is 10.1. The lowest BCUT2D eigenvalue weighted by Crippen LogP contribution is -2.30. The summed E-state index contributed by atoms with van der Waals surface area (Å²) in [5.41, 5.74) is -0.208. The molecule has 3 nitrogen and oxygen atoms in total. The number of aryl methyl sites for hydroxylation is 1. The van der Waals surface area contributed by atoms with Crippen molar-refractivity contribution in [2.75, 3.05) is 19.7 Å². The lowest BCUT2D eigenvalue weighted by molar-refractivity contribution is 0.0775. The Labute approximate surface area is 110 Å². The fraction of sp³-hybridized carbons (Fsp3) is 0.500. The van der Waals surface area contributed by atoms with Crippen LogP contribution in [0, 0.1) is 24.5 Å². The van der Waals surface area contributed by atoms with Crippen LogP contribution >= 0.6 is 0 Å². The summed E-state index contributed by atoms with van der Waals surface area (Å²) in [5, 5.41) is 8.87. The molecule has 2 rings (SSSR count). The molecule has 0 bridgehead atoms. The van der Waals surface area contributed by atoms with E-state index in [2.05, 4.69) is 0 Å². The first-order valence-corrected chi connectivity index (χ1v) is 6.39. The van der Waals surface area contributed by atoms with Crippen molar-refractivity contribution in [2.45, 2.75) is 19.8 Å². The molecule has 1 atom stereocenters. The second-order valence-electron chi connectivity index (χ2n) is 4.97. The highest BCUT2D eigenvalue weighted by Crippen LogP contribution is 2.24. The van der Waals surface area contributed by atoms with E-state index in [1.54, 1.807) is 0 Å². The number of aliphatic hydroxyl groups is 1. The molecule has 1 aromatic carbocycles. The Kier molecular flexibility index (Phi) is 4.14. The Morgan fingerprint density at radius 2 is 2.21 bits per heavy atom. The van der Waals surface area contributed by atoms with E-state index in [1.807, 2.05) is 0 Å². The van der Waals surface area contributed by atoms with Gasteiger partial charge in [0.2, 0.25) is 0 Å². The van der Waals surface area contributed by atoms with E-state index in [0.717, 1.165) is 12.5 Å². The zero-order chi connectivity index (χ0) is 14.0. The summed E-state index contributed by atoms with van der Waals surface area (Å²) in [5.74, 6) is -1.99. The standard InChI is InChI=1S/C14H17F2NO2/c1-9-2-3-11(15)12(13(9)16)14(19)17-6-4-10(8-17)5-7-18/h2-3,10,18H,4-8H2,1H3. The van der Waals surface area contributed by atoms with Gasteiger partial charge in [-0.25, -0.2) is 8.78 Å². The van der Waals surface area contributed by atoms with Crippen molar-refractivity contribution >= 4 is 5.91 Å². The molecule has 5 heteroatoms. The molecule has 1 fully saturated rings. The Bertz CT molecular complexity index is 491. The predicted molar refractivity (Wildman–Crippen MR) is 66.8 cm³/mol. The topological polar surface area (TPSA) is 40.5 Å². The zero-order valence-electron chi connectivity index (χ0n) is 10.8. The molecule has 1 unspecified atom stereocenters. The maximum absolute atomic E-state index is 13.9. The van der Waals surface area contributed by atoms with E-state index in [1.165, 1.54) is 17.9 Å². The van der Waals surface area contributed by atoms with Crippen molar-refractivity contribution in [3.05, 3.63) is 34.9 Å². The summed E-state index contributed by atoms with van der Waals surface area (Å²) in [4.78, 5) is 13.6. The Balaban J connectivity index is 2.19. The molecule has 1 saturated heterocycles. The summed E-state index contributed by atoms with van der Waals surface area (Å²) < 4.78 is 27.5. The van der Waals surface area contributed by atoms with Gasteiger partial charge in [-0.2, -0.15) is 0 Å². The number of hydrogen-bond acceptors (Lipinski definition) is 2. The van der Waals surface area contributed by atoms with Crippen LogP contribution in [-0.2, 0) is 0 Å². The summed E-state index contributed by atoms with van der Waals surface area (Å²) in [6.07, 6.45) is 1.38. The van der Waals surface area contributed by atoms with Gasteiger partial charge in [-0.05, 0) is 37.3 Å². The molecule has 1 heterocycles. The molecule has 1 aromatic rings. The number of carbonyl (C=O) groups is 1. The summed E-state index contributed by atoms with van der Waals surface area (Å²) >= 11 is 0. The average Bonchev–Trinajstić information content (AvgIpc) is 2.83. The minimum atomic E-state index is -0.821. The van der Waals surface area contributed by atoms with E-state index in [4.69, 9.17) is 5.11 Å². The number of amides is 1. The molecular weight excluding hydrogens is 252 g/mol. The molecule has 1 aliphatic heterocycles.